The van der Waals surface area contributed by atoms with Crippen molar-refractivity contribution in [3.63, 3.8) is 0 Å². The van der Waals surface area contributed by atoms with E-state index in [1.807, 2.05) is 58.0 Å². The number of hydrogen-bond acceptors (Lipinski definition) is 4. The zero-order valence-electron chi connectivity index (χ0n) is 18.2. The molecule has 0 saturated carbocycles. The van der Waals surface area contributed by atoms with E-state index in [4.69, 9.17) is 4.74 Å². The molecule has 0 spiro atoms. The van der Waals surface area contributed by atoms with Gasteiger partial charge in [-0.25, -0.2) is 4.79 Å². The number of rotatable bonds is 10. The molecule has 1 rings (SSSR count). The summed E-state index contributed by atoms with van der Waals surface area (Å²) in [5, 5.41) is 8.13. The van der Waals surface area contributed by atoms with Gasteiger partial charge >= 0.3 is 6.09 Å². The quantitative estimate of drug-likeness (QED) is 0.557. The average molecular weight is 406 g/mol. The van der Waals surface area contributed by atoms with Crippen molar-refractivity contribution in [2.24, 2.45) is 11.3 Å². The van der Waals surface area contributed by atoms with Gasteiger partial charge in [-0.3, -0.25) is 9.59 Å². The Morgan fingerprint density at radius 2 is 1.72 bits per heavy atom. The van der Waals surface area contributed by atoms with Gasteiger partial charge in [-0.15, -0.1) is 0 Å². The number of hydrogen-bond donors (Lipinski definition) is 3. The van der Waals surface area contributed by atoms with Gasteiger partial charge in [0.15, 0.2) is 0 Å². The molecule has 0 bridgehead atoms. The number of benzene rings is 1. The van der Waals surface area contributed by atoms with Crippen molar-refractivity contribution >= 4 is 17.9 Å². The second kappa shape index (κ2) is 12.1. The SMILES string of the molecule is CCCCC(CNC(=O)OCc1ccccc1)C(=O)NC(C(=O)NC)C(C)(C)C. The predicted molar refractivity (Wildman–Crippen MR) is 113 cm³/mol. The van der Waals surface area contributed by atoms with Crippen LogP contribution < -0.4 is 16.0 Å². The number of ether oxygens (including phenoxy) is 1. The zero-order valence-corrected chi connectivity index (χ0v) is 18.2. The molecular formula is C22H35N3O4. The van der Waals surface area contributed by atoms with E-state index < -0.39 is 23.5 Å². The summed E-state index contributed by atoms with van der Waals surface area (Å²) in [7, 11) is 1.55. The summed E-state index contributed by atoms with van der Waals surface area (Å²) < 4.78 is 5.21. The highest BCUT2D eigenvalue weighted by Crippen LogP contribution is 2.20. The van der Waals surface area contributed by atoms with Crippen molar-refractivity contribution in [2.75, 3.05) is 13.6 Å². The summed E-state index contributed by atoms with van der Waals surface area (Å²) in [6, 6.07) is 8.73. The van der Waals surface area contributed by atoms with Crippen LogP contribution in [-0.4, -0.2) is 37.5 Å². The third-order valence-electron chi connectivity index (χ3n) is 4.64. The molecule has 1 aromatic carbocycles. The molecule has 7 nitrogen and oxygen atoms in total. The molecule has 2 atom stereocenters. The number of carbonyl (C=O) groups excluding carboxylic acids is 3. The number of carbonyl (C=O) groups is 3. The van der Waals surface area contributed by atoms with E-state index in [2.05, 4.69) is 16.0 Å². The molecule has 162 valence electrons. The Balaban J connectivity index is 2.66. The first-order chi connectivity index (χ1) is 13.7. The Morgan fingerprint density at radius 1 is 1.07 bits per heavy atom. The molecule has 0 aliphatic carbocycles. The molecule has 3 amide bonds. The third-order valence-corrected chi connectivity index (χ3v) is 4.64. The average Bonchev–Trinajstić information content (AvgIpc) is 2.69. The lowest BCUT2D eigenvalue weighted by Crippen LogP contribution is -2.55. The molecule has 0 saturated heterocycles. The molecule has 7 heteroatoms. The minimum Gasteiger partial charge on any atom is -0.445 e. The topological polar surface area (TPSA) is 96.5 Å². The lowest BCUT2D eigenvalue weighted by molar-refractivity contribution is -0.133. The molecule has 0 heterocycles. The van der Waals surface area contributed by atoms with Crippen LogP contribution in [0, 0.1) is 11.3 Å². The minimum atomic E-state index is -0.658. The molecule has 1 aromatic rings. The van der Waals surface area contributed by atoms with Crippen molar-refractivity contribution in [3.8, 4) is 0 Å². The summed E-state index contributed by atoms with van der Waals surface area (Å²) in [5.41, 5.74) is 0.453. The first kappa shape index (κ1) is 24.5. The largest absolute Gasteiger partial charge is 0.445 e. The Kier molecular flexibility index (Phi) is 10.2. The van der Waals surface area contributed by atoms with E-state index in [9.17, 15) is 14.4 Å². The van der Waals surface area contributed by atoms with E-state index in [0.29, 0.717) is 6.42 Å². The van der Waals surface area contributed by atoms with Crippen LogP contribution in [0.1, 0.15) is 52.5 Å². The molecule has 29 heavy (non-hydrogen) atoms. The van der Waals surface area contributed by atoms with E-state index >= 15 is 0 Å². The van der Waals surface area contributed by atoms with E-state index in [1.165, 1.54) is 0 Å². The van der Waals surface area contributed by atoms with Crippen LogP contribution in [0.2, 0.25) is 0 Å². The van der Waals surface area contributed by atoms with Gasteiger partial charge in [0.25, 0.3) is 0 Å². The molecule has 0 aromatic heterocycles. The predicted octanol–water partition coefficient (Wildman–Crippen LogP) is 3.00. The number of likely N-dealkylation sites (N-methyl/N-ethyl adjacent to an activating group) is 1. The lowest BCUT2D eigenvalue weighted by Gasteiger charge is -2.31. The van der Waals surface area contributed by atoms with Crippen LogP contribution in [0.15, 0.2) is 30.3 Å². The van der Waals surface area contributed by atoms with Gasteiger partial charge in [0.2, 0.25) is 11.8 Å². The Hall–Kier alpha value is -2.57. The fourth-order valence-electron chi connectivity index (χ4n) is 2.84. The highest BCUT2D eigenvalue weighted by atomic mass is 16.5. The number of nitrogens with one attached hydrogen (secondary N) is 3. The smallest absolute Gasteiger partial charge is 0.407 e. The number of amides is 3. The molecule has 3 N–H and O–H groups in total. The molecule has 0 aliphatic heterocycles. The van der Waals surface area contributed by atoms with Gasteiger partial charge in [-0.05, 0) is 17.4 Å². The summed E-state index contributed by atoms with van der Waals surface area (Å²) in [6.45, 7) is 8.05. The van der Waals surface area contributed by atoms with Crippen LogP contribution in [0.5, 0.6) is 0 Å². The lowest BCUT2D eigenvalue weighted by atomic mass is 9.85. The van der Waals surface area contributed by atoms with Crippen molar-refractivity contribution in [1.82, 2.24) is 16.0 Å². The molecular weight excluding hydrogens is 370 g/mol. The fourth-order valence-corrected chi connectivity index (χ4v) is 2.84. The minimum absolute atomic E-state index is 0.157. The summed E-state index contributed by atoms with van der Waals surface area (Å²) in [6.07, 6.45) is 1.83. The zero-order chi connectivity index (χ0) is 21.9. The fraction of sp³-hybridized carbons (Fsp3) is 0.591. The van der Waals surface area contributed by atoms with Crippen molar-refractivity contribution in [3.05, 3.63) is 35.9 Å². The third kappa shape index (κ3) is 8.98. The van der Waals surface area contributed by atoms with Gasteiger partial charge < -0.3 is 20.7 Å². The molecule has 0 radical (unpaired) electrons. The van der Waals surface area contributed by atoms with Crippen molar-refractivity contribution < 1.29 is 19.1 Å². The number of alkyl carbamates (subject to hydrolysis) is 1. The van der Waals surface area contributed by atoms with E-state index in [1.54, 1.807) is 7.05 Å². The summed E-state index contributed by atoms with van der Waals surface area (Å²) in [5.74, 6) is -0.922. The summed E-state index contributed by atoms with van der Waals surface area (Å²) >= 11 is 0. The maximum absolute atomic E-state index is 12.8. The van der Waals surface area contributed by atoms with Gasteiger partial charge in [0, 0.05) is 13.6 Å². The van der Waals surface area contributed by atoms with Gasteiger partial charge in [0.1, 0.15) is 12.6 Å². The van der Waals surface area contributed by atoms with Crippen LogP contribution in [-0.2, 0) is 20.9 Å². The Labute approximate surface area is 174 Å². The highest BCUT2D eigenvalue weighted by Gasteiger charge is 2.33. The second-order valence-corrected chi connectivity index (χ2v) is 8.20. The van der Waals surface area contributed by atoms with E-state index in [0.717, 1.165) is 18.4 Å². The molecule has 0 fully saturated rings. The highest BCUT2D eigenvalue weighted by molar-refractivity contribution is 5.89. The van der Waals surface area contributed by atoms with Gasteiger partial charge in [-0.2, -0.15) is 0 Å². The number of unbranched alkanes of at least 4 members (excludes halogenated alkanes) is 1. The molecule has 0 aliphatic rings. The second-order valence-electron chi connectivity index (χ2n) is 8.20. The normalized spacial score (nSPS) is 13.1. The standard InChI is InChI=1S/C22H35N3O4/c1-6-7-13-17(19(26)25-18(20(27)23-5)22(2,3)4)14-24-21(28)29-15-16-11-9-8-10-12-16/h8-12,17-18H,6-7,13-15H2,1-5H3,(H,23,27)(H,24,28)(H,25,26). The van der Waals surface area contributed by atoms with Crippen LogP contribution in [0.3, 0.4) is 0 Å². The first-order valence-electron chi connectivity index (χ1n) is 10.2. The van der Waals surface area contributed by atoms with Crippen LogP contribution in [0.4, 0.5) is 4.79 Å². The van der Waals surface area contributed by atoms with Crippen LogP contribution in [0.25, 0.3) is 0 Å². The van der Waals surface area contributed by atoms with Gasteiger partial charge in [0.05, 0.1) is 5.92 Å². The van der Waals surface area contributed by atoms with Gasteiger partial charge in [-0.1, -0.05) is 70.9 Å². The Morgan fingerprint density at radius 3 is 2.28 bits per heavy atom. The van der Waals surface area contributed by atoms with Crippen molar-refractivity contribution in [1.29, 1.82) is 0 Å². The molecule has 2 unspecified atom stereocenters. The van der Waals surface area contributed by atoms with E-state index in [-0.39, 0.29) is 25.0 Å². The summed E-state index contributed by atoms with van der Waals surface area (Å²) in [4.78, 5) is 37.1. The van der Waals surface area contributed by atoms with Crippen molar-refractivity contribution in [2.45, 2.75) is 59.6 Å². The maximum atomic E-state index is 12.8. The Bertz CT molecular complexity index is 656. The van der Waals surface area contributed by atoms with Crippen LogP contribution >= 0.6 is 0 Å². The monoisotopic (exact) mass is 405 g/mol. The maximum Gasteiger partial charge on any atom is 0.407 e. The first-order valence-corrected chi connectivity index (χ1v) is 10.2.